The van der Waals surface area contributed by atoms with E-state index in [0.29, 0.717) is 31.1 Å². The van der Waals surface area contributed by atoms with Crippen molar-refractivity contribution in [3.63, 3.8) is 0 Å². The first-order valence-corrected chi connectivity index (χ1v) is 11.6. The monoisotopic (exact) mass is 475 g/mol. The number of halogens is 3. The van der Waals surface area contributed by atoms with Crippen molar-refractivity contribution in [1.29, 1.82) is 0 Å². The zero-order valence-electron chi connectivity index (χ0n) is 20.1. The third-order valence-corrected chi connectivity index (χ3v) is 7.29. The van der Waals surface area contributed by atoms with Gasteiger partial charge >= 0.3 is 6.18 Å². The lowest BCUT2D eigenvalue weighted by molar-refractivity contribution is -0.138. The number of nitrogens with zero attached hydrogens (tertiary/aromatic N) is 2. The third kappa shape index (κ3) is 4.34. The van der Waals surface area contributed by atoms with E-state index in [1.807, 2.05) is 39.1 Å². The Morgan fingerprint density at radius 2 is 1.88 bits per heavy atom. The summed E-state index contributed by atoms with van der Waals surface area (Å²) in [7, 11) is 1.97. The molecule has 1 unspecified atom stereocenters. The summed E-state index contributed by atoms with van der Waals surface area (Å²) in [6.07, 6.45) is -3.69. The van der Waals surface area contributed by atoms with E-state index >= 15 is 0 Å². The molecule has 0 aromatic heterocycles. The molecule has 4 rings (SSSR count). The molecule has 5 nitrogen and oxygen atoms in total. The van der Waals surface area contributed by atoms with Gasteiger partial charge in [-0.15, -0.1) is 0 Å². The number of ether oxygens (including phenoxy) is 1. The Bertz CT molecular complexity index is 1080. The minimum Gasteiger partial charge on any atom is -0.379 e. The Labute approximate surface area is 198 Å². The number of rotatable bonds is 7. The molecular formula is C26H32F3N3O2. The zero-order valence-corrected chi connectivity index (χ0v) is 20.1. The van der Waals surface area contributed by atoms with Crippen molar-refractivity contribution in [1.82, 2.24) is 4.90 Å². The highest BCUT2D eigenvalue weighted by Crippen LogP contribution is 2.42. The van der Waals surface area contributed by atoms with Crippen LogP contribution in [0.4, 0.5) is 18.9 Å². The molecule has 0 aliphatic carbocycles. The highest BCUT2D eigenvalue weighted by Gasteiger charge is 2.43. The SMILES string of the molecule is CC(C)c1cc2c(c(C(F)(F)F)c1)CN(c1cccc(C3(CC(C)N(C)CN)COC3)c1)C2=O. The van der Waals surface area contributed by atoms with E-state index < -0.39 is 17.6 Å². The van der Waals surface area contributed by atoms with E-state index in [-0.39, 0.29) is 35.0 Å². The van der Waals surface area contributed by atoms with Crippen molar-refractivity contribution in [2.24, 2.45) is 5.73 Å². The third-order valence-electron chi connectivity index (χ3n) is 7.29. The number of carbonyl (C=O) groups is 1. The van der Waals surface area contributed by atoms with Crippen LogP contribution < -0.4 is 10.6 Å². The molecule has 2 heterocycles. The highest BCUT2D eigenvalue weighted by molar-refractivity contribution is 6.10. The minimum absolute atomic E-state index is 0.0483. The number of amides is 1. The molecule has 1 atom stereocenters. The van der Waals surface area contributed by atoms with Crippen LogP contribution in [-0.4, -0.2) is 43.8 Å². The Balaban J connectivity index is 1.68. The first kappa shape index (κ1) is 24.7. The van der Waals surface area contributed by atoms with Gasteiger partial charge in [-0.3, -0.25) is 9.69 Å². The summed E-state index contributed by atoms with van der Waals surface area (Å²) in [6, 6.07) is 10.6. The molecule has 1 saturated heterocycles. The lowest BCUT2D eigenvalue weighted by Gasteiger charge is -2.45. The second kappa shape index (κ2) is 8.98. The van der Waals surface area contributed by atoms with E-state index in [0.717, 1.165) is 12.0 Å². The molecule has 2 aromatic rings. The standard InChI is InChI=1S/C26H32F3N3O2/c1-16(2)18-8-21-22(23(9-18)26(27,28)29)12-32(24(21)33)20-7-5-6-19(10-20)25(13-34-14-25)11-17(3)31(4)15-30/h5-10,16-17H,11-15,30H2,1-4H3. The summed E-state index contributed by atoms with van der Waals surface area (Å²) in [5.74, 6) is -0.515. The maximum absolute atomic E-state index is 13.9. The summed E-state index contributed by atoms with van der Waals surface area (Å²) in [5, 5.41) is 0. The van der Waals surface area contributed by atoms with Crippen LogP contribution in [0.1, 0.15) is 65.7 Å². The molecule has 184 valence electrons. The van der Waals surface area contributed by atoms with Gasteiger partial charge in [-0.25, -0.2) is 0 Å². The van der Waals surface area contributed by atoms with E-state index in [2.05, 4.69) is 11.8 Å². The second-order valence-corrected chi connectivity index (χ2v) is 9.95. The molecule has 2 N–H and O–H groups in total. The topological polar surface area (TPSA) is 58.8 Å². The molecule has 2 aromatic carbocycles. The number of alkyl halides is 3. The summed E-state index contributed by atoms with van der Waals surface area (Å²) in [5.41, 5.74) is 7.19. The predicted octanol–water partition coefficient (Wildman–Crippen LogP) is 4.88. The van der Waals surface area contributed by atoms with Gasteiger partial charge in [-0.05, 0) is 67.3 Å². The number of nitrogens with two attached hydrogens (primary N) is 1. The van der Waals surface area contributed by atoms with Gasteiger partial charge in [-0.2, -0.15) is 13.2 Å². The van der Waals surface area contributed by atoms with Crippen LogP contribution in [0.3, 0.4) is 0 Å². The van der Waals surface area contributed by atoms with Gasteiger partial charge in [0.2, 0.25) is 0 Å². The van der Waals surface area contributed by atoms with Gasteiger partial charge in [-0.1, -0.05) is 26.0 Å². The number of hydrogen-bond donors (Lipinski definition) is 1. The van der Waals surface area contributed by atoms with Crippen LogP contribution in [-0.2, 0) is 22.9 Å². The summed E-state index contributed by atoms with van der Waals surface area (Å²) < 4.78 is 47.2. The summed E-state index contributed by atoms with van der Waals surface area (Å²) >= 11 is 0. The van der Waals surface area contributed by atoms with Crippen LogP contribution in [0, 0.1) is 0 Å². The molecule has 34 heavy (non-hydrogen) atoms. The number of carbonyl (C=O) groups excluding carboxylic acids is 1. The first-order valence-electron chi connectivity index (χ1n) is 11.6. The minimum atomic E-state index is -4.52. The fourth-order valence-electron chi connectivity index (χ4n) is 4.88. The van der Waals surface area contributed by atoms with Crippen molar-refractivity contribution in [2.75, 3.05) is 31.8 Å². The van der Waals surface area contributed by atoms with Crippen molar-refractivity contribution in [3.05, 3.63) is 64.2 Å². The second-order valence-electron chi connectivity index (χ2n) is 9.95. The van der Waals surface area contributed by atoms with Crippen molar-refractivity contribution in [2.45, 2.75) is 57.3 Å². The smallest absolute Gasteiger partial charge is 0.379 e. The van der Waals surface area contributed by atoms with Crippen LogP contribution in [0.25, 0.3) is 0 Å². The van der Waals surface area contributed by atoms with Crippen LogP contribution in [0.15, 0.2) is 36.4 Å². The number of fused-ring (bicyclic) bond motifs is 1. The van der Waals surface area contributed by atoms with E-state index in [9.17, 15) is 18.0 Å². The van der Waals surface area contributed by atoms with Crippen molar-refractivity contribution < 1.29 is 22.7 Å². The largest absolute Gasteiger partial charge is 0.416 e. The van der Waals surface area contributed by atoms with E-state index in [1.54, 1.807) is 12.1 Å². The predicted molar refractivity (Wildman–Crippen MR) is 126 cm³/mol. The Hall–Kier alpha value is -2.42. The summed E-state index contributed by atoms with van der Waals surface area (Å²) in [6.45, 7) is 7.23. The molecule has 0 spiro atoms. The fourth-order valence-corrected chi connectivity index (χ4v) is 4.88. The molecule has 2 aliphatic rings. The van der Waals surface area contributed by atoms with E-state index in [4.69, 9.17) is 10.5 Å². The average Bonchev–Trinajstić information content (AvgIpc) is 3.10. The van der Waals surface area contributed by atoms with Crippen LogP contribution in [0.2, 0.25) is 0 Å². The fraction of sp³-hybridized carbons (Fsp3) is 0.500. The Morgan fingerprint density at radius 1 is 1.18 bits per heavy atom. The first-order chi connectivity index (χ1) is 16.0. The van der Waals surface area contributed by atoms with Gasteiger partial charge in [0.1, 0.15) is 0 Å². The quantitative estimate of drug-likeness (QED) is 0.580. The Morgan fingerprint density at radius 3 is 2.44 bits per heavy atom. The van der Waals surface area contributed by atoms with Crippen LogP contribution in [0.5, 0.6) is 0 Å². The molecule has 0 radical (unpaired) electrons. The molecule has 0 bridgehead atoms. The highest BCUT2D eigenvalue weighted by atomic mass is 19.4. The van der Waals surface area contributed by atoms with Gasteiger partial charge in [0.15, 0.2) is 0 Å². The lowest BCUT2D eigenvalue weighted by Crippen LogP contribution is -2.51. The average molecular weight is 476 g/mol. The van der Waals surface area contributed by atoms with E-state index in [1.165, 1.54) is 11.0 Å². The Kier molecular flexibility index (Phi) is 6.52. The molecule has 1 fully saturated rings. The molecule has 2 aliphatic heterocycles. The van der Waals surface area contributed by atoms with Gasteiger partial charge in [0.25, 0.3) is 5.91 Å². The number of hydrogen-bond acceptors (Lipinski definition) is 4. The van der Waals surface area contributed by atoms with Gasteiger partial charge in [0.05, 0.1) is 25.3 Å². The van der Waals surface area contributed by atoms with Crippen molar-refractivity contribution in [3.8, 4) is 0 Å². The molecule has 0 saturated carbocycles. The molecular weight excluding hydrogens is 443 g/mol. The number of anilines is 1. The summed E-state index contributed by atoms with van der Waals surface area (Å²) in [4.78, 5) is 16.8. The maximum atomic E-state index is 13.9. The zero-order chi connectivity index (χ0) is 24.8. The van der Waals surface area contributed by atoms with Gasteiger partial charge in [0, 0.05) is 29.4 Å². The van der Waals surface area contributed by atoms with Gasteiger partial charge < -0.3 is 15.4 Å². The maximum Gasteiger partial charge on any atom is 0.416 e. The molecule has 8 heteroatoms. The molecule has 1 amide bonds. The van der Waals surface area contributed by atoms with Crippen molar-refractivity contribution >= 4 is 11.6 Å². The number of benzene rings is 2. The van der Waals surface area contributed by atoms with Crippen LogP contribution >= 0.6 is 0 Å². The normalized spacial score (nSPS) is 18.4. The lowest BCUT2D eigenvalue weighted by atomic mass is 9.73.